The molecule has 0 radical (unpaired) electrons. The Balaban J connectivity index is 2.27. The highest BCUT2D eigenvalue weighted by molar-refractivity contribution is 7.92. The van der Waals surface area contributed by atoms with Gasteiger partial charge in [0, 0.05) is 16.8 Å². The fourth-order valence-corrected chi connectivity index (χ4v) is 2.68. The van der Waals surface area contributed by atoms with Crippen molar-refractivity contribution in [3.63, 3.8) is 0 Å². The fourth-order valence-electron chi connectivity index (χ4n) is 1.94. The van der Waals surface area contributed by atoms with E-state index >= 15 is 0 Å². The highest BCUT2D eigenvalue weighted by atomic mass is 35.5. The lowest BCUT2D eigenvalue weighted by Gasteiger charge is -2.12. The molecule has 128 valence electrons. The number of ether oxygens (including phenoxy) is 1. The molecule has 3 N–H and O–H groups in total. The summed E-state index contributed by atoms with van der Waals surface area (Å²) < 4.78 is 30.0. The predicted molar refractivity (Wildman–Crippen MR) is 92.5 cm³/mol. The molecule has 0 spiro atoms. The molecule has 0 bridgehead atoms. The molecule has 9 heteroatoms. The van der Waals surface area contributed by atoms with Gasteiger partial charge >= 0.3 is 0 Å². The number of hydrogen-bond acceptors (Lipinski definition) is 5. The van der Waals surface area contributed by atoms with Gasteiger partial charge in [0.05, 0.1) is 24.6 Å². The number of anilines is 2. The molecule has 7 nitrogen and oxygen atoms in total. The Hall–Kier alpha value is -2.45. The van der Waals surface area contributed by atoms with Gasteiger partial charge < -0.3 is 15.2 Å². The summed E-state index contributed by atoms with van der Waals surface area (Å²) >= 11 is 5.82. The standard InChI is InChI=1S/C15H15ClN2O5S/c1-23-14-8-10(4-5-12(14)18-24(2,21)22)17-15(20)11-7-9(16)3-6-13(11)19/h3-8,18-19H,1-2H3,(H,17,20). The van der Waals surface area contributed by atoms with E-state index in [1.165, 1.54) is 43.5 Å². The average Bonchev–Trinajstić information content (AvgIpc) is 2.49. The first-order chi connectivity index (χ1) is 11.2. The van der Waals surface area contributed by atoms with Crippen LogP contribution in [0.25, 0.3) is 0 Å². The van der Waals surface area contributed by atoms with Crippen molar-refractivity contribution < 1.29 is 23.1 Å². The third-order valence-corrected chi connectivity index (χ3v) is 3.78. The molecule has 0 saturated heterocycles. The maximum absolute atomic E-state index is 12.2. The lowest BCUT2D eigenvalue weighted by atomic mass is 10.1. The number of carbonyl (C=O) groups excluding carboxylic acids is 1. The molecule has 0 atom stereocenters. The van der Waals surface area contributed by atoms with Crippen LogP contribution in [0.4, 0.5) is 11.4 Å². The average molecular weight is 371 g/mol. The SMILES string of the molecule is COc1cc(NC(=O)c2cc(Cl)ccc2O)ccc1NS(C)(=O)=O. The number of phenols is 1. The minimum Gasteiger partial charge on any atom is -0.507 e. The number of phenolic OH excluding ortho intramolecular Hbond substituents is 1. The van der Waals surface area contributed by atoms with Gasteiger partial charge in [-0.3, -0.25) is 9.52 Å². The maximum Gasteiger partial charge on any atom is 0.259 e. The fraction of sp³-hybridized carbons (Fsp3) is 0.133. The van der Waals surface area contributed by atoms with E-state index in [1.807, 2.05) is 0 Å². The largest absolute Gasteiger partial charge is 0.507 e. The Morgan fingerprint density at radius 1 is 1.21 bits per heavy atom. The number of carbonyl (C=O) groups is 1. The van der Waals surface area contributed by atoms with E-state index in [0.717, 1.165) is 6.26 Å². The molecular weight excluding hydrogens is 356 g/mol. The molecule has 24 heavy (non-hydrogen) atoms. The summed E-state index contributed by atoms with van der Waals surface area (Å²) in [6, 6.07) is 8.51. The molecule has 1 amide bonds. The number of halogens is 1. The Bertz CT molecular complexity index is 883. The van der Waals surface area contributed by atoms with Crippen LogP contribution in [0.1, 0.15) is 10.4 Å². The van der Waals surface area contributed by atoms with Crippen LogP contribution in [0.15, 0.2) is 36.4 Å². The van der Waals surface area contributed by atoms with E-state index in [2.05, 4.69) is 10.0 Å². The van der Waals surface area contributed by atoms with Crippen LogP contribution in [-0.2, 0) is 10.0 Å². The monoisotopic (exact) mass is 370 g/mol. The highest BCUT2D eigenvalue weighted by Crippen LogP contribution is 2.29. The van der Waals surface area contributed by atoms with Gasteiger partial charge in [0.25, 0.3) is 5.91 Å². The number of nitrogens with one attached hydrogen (secondary N) is 2. The molecule has 0 fully saturated rings. The van der Waals surface area contributed by atoms with E-state index in [4.69, 9.17) is 16.3 Å². The Kier molecular flexibility index (Phi) is 5.20. The van der Waals surface area contributed by atoms with Crippen LogP contribution in [0, 0.1) is 0 Å². The molecule has 0 saturated carbocycles. The van der Waals surface area contributed by atoms with Crippen LogP contribution in [0.2, 0.25) is 5.02 Å². The van der Waals surface area contributed by atoms with Gasteiger partial charge in [-0.05, 0) is 30.3 Å². The summed E-state index contributed by atoms with van der Waals surface area (Å²) in [6.45, 7) is 0. The van der Waals surface area contributed by atoms with Gasteiger partial charge in [-0.1, -0.05) is 11.6 Å². The van der Waals surface area contributed by atoms with Crippen LogP contribution in [-0.4, -0.2) is 32.8 Å². The molecule has 2 aromatic rings. The quantitative estimate of drug-likeness (QED) is 0.750. The number of hydrogen-bond donors (Lipinski definition) is 3. The first kappa shape index (κ1) is 17.9. The second-order valence-corrected chi connectivity index (χ2v) is 7.09. The molecule has 0 aliphatic heterocycles. The molecule has 0 aliphatic carbocycles. The van der Waals surface area contributed by atoms with Crippen molar-refractivity contribution in [1.82, 2.24) is 0 Å². The number of methoxy groups -OCH3 is 1. The smallest absolute Gasteiger partial charge is 0.259 e. The summed E-state index contributed by atoms with van der Waals surface area (Å²) in [5.74, 6) is -0.548. The second-order valence-electron chi connectivity index (χ2n) is 4.90. The highest BCUT2D eigenvalue weighted by Gasteiger charge is 2.14. The van der Waals surface area contributed by atoms with Gasteiger partial charge in [0.2, 0.25) is 10.0 Å². The molecular formula is C15H15ClN2O5S. The van der Waals surface area contributed by atoms with E-state index in [1.54, 1.807) is 0 Å². The van der Waals surface area contributed by atoms with E-state index < -0.39 is 15.9 Å². The number of amides is 1. The summed E-state index contributed by atoms with van der Waals surface area (Å²) in [5, 5.41) is 12.6. The van der Waals surface area contributed by atoms with Gasteiger partial charge in [-0.2, -0.15) is 0 Å². The van der Waals surface area contributed by atoms with Crippen LogP contribution in [0.5, 0.6) is 11.5 Å². The number of rotatable bonds is 5. The van der Waals surface area contributed by atoms with Crippen molar-refractivity contribution in [2.24, 2.45) is 0 Å². The number of benzene rings is 2. The van der Waals surface area contributed by atoms with Crippen molar-refractivity contribution in [1.29, 1.82) is 0 Å². The summed E-state index contributed by atoms with van der Waals surface area (Å²) in [6.07, 6.45) is 1.02. The minimum absolute atomic E-state index is 0.0137. The van der Waals surface area contributed by atoms with Crippen LogP contribution in [0.3, 0.4) is 0 Å². The van der Waals surface area contributed by atoms with Crippen molar-refractivity contribution in [2.45, 2.75) is 0 Å². The van der Waals surface area contributed by atoms with Crippen molar-refractivity contribution in [2.75, 3.05) is 23.4 Å². The zero-order chi connectivity index (χ0) is 17.9. The van der Waals surface area contributed by atoms with Crippen molar-refractivity contribution in [3.05, 3.63) is 47.0 Å². The predicted octanol–water partition coefficient (Wildman–Crippen LogP) is 2.68. The third-order valence-electron chi connectivity index (χ3n) is 2.96. The minimum atomic E-state index is -3.46. The Morgan fingerprint density at radius 2 is 1.92 bits per heavy atom. The zero-order valence-corrected chi connectivity index (χ0v) is 14.4. The lowest BCUT2D eigenvalue weighted by Crippen LogP contribution is -2.13. The Labute approximate surface area is 144 Å². The summed E-state index contributed by atoms with van der Waals surface area (Å²) in [7, 11) is -2.09. The number of aromatic hydroxyl groups is 1. The van der Waals surface area contributed by atoms with E-state index in [-0.39, 0.29) is 22.7 Å². The van der Waals surface area contributed by atoms with Gasteiger partial charge in [-0.25, -0.2) is 8.42 Å². The van der Waals surface area contributed by atoms with Crippen molar-refractivity contribution in [3.8, 4) is 11.5 Å². The first-order valence-electron chi connectivity index (χ1n) is 6.65. The third kappa shape index (κ3) is 4.53. The second kappa shape index (κ2) is 6.98. The lowest BCUT2D eigenvalue weighted by molar-refractivity contribution is 0.102. The Morgan fingerprint density at radius 3 is 2.54 bits per heavy atom. The maximum atomic E-state index is 12.2. The molecule has 0 aliphatic rings. The molecule has 0 heterocycles. The van der Waals surface area contributed by atoms with Crippen molar-refractivity contribution >= 4 is 38.9 Å². The van der Waals surface area contributed by atoms with Gasteiger partial charge in [0.1, 0.15) is 11.5 Å². The topological polar surface area (TPSA) is 105 Å². The van der Waals surface area contributed by atoms with E-state index in [0.29, 0.717) is 10.7 Å². The van der Waals surface area contributed by atoms with E-state index in [9.17, 15) is 18.3 Å². The summed E-state index contributed by atoms with van der Waals surface area (Å²) in [4.78, 5) is 12.2. The normalized spacial score (nSPS) is 11.0. The zero-order valence-electron chi connectivity index (χ0n) is 12.8. The van der Waals surface area contributed by atoms with Gasteiger partial charge in [0.15, 0.2) is 0 Å². The molecule has 0 unspecified atom stereocenters. The summed E-state index contributed by atoms with van der Waals surface area (Å²) in [5.41, 5.74) is 0.610. The van der Waals surface area contributed by atoms with Crippen LogP contribution < -0.4 is 14.8 Å². The molecule has 0 aromatic heterocycles. The molecule has 2 rings (SSSR count). The first-order valence-corrected chi connectivity index (χ1v) is 8.92. The number of sulfonamides is 1. The van der Waals surface area contributed by atoms with Gasteiger partial charge in [-0.15, -0.1) is 0 Å². The van der Waals surface area contributed by atoms with Crippen LogP contribution >= 0.6 is 11.6 Å². The molecule has 2 aromatic carbocycles.